The summed E-state index contributed by atoms with van der Waals surface area (Å²) in [5.74, 6) is 0.248. The van der Waals surface area contributed by atoms with Crippen molar-refractivity contribution < 1.29 is 9.32 Å². The molecule has 25 heavy (non-hydrogen) atoms. The summed E-state index contributed by atoms with van der Waals surface area (Å²) in [6.45, 7) is 2.34. The van der Waals surface area contributed by atoms with Crippen molar-refractivity contribution in [2.24, 2.45) is 7.05 Å². The van der Waals surface area contributed by atoms with Gasteiger partial charge in [0, 0.05) is 25.4 Å². The van der Waals surface area contributed by atoms with Crippen molar-refractivity contribution in [3.05, 3.63) is 52.9 Å². The average molecular weight is 353 g/mol. The van der Waals surface area contributed by atoms with E-state index in [2.05, 4.69) is 20.6 Å². The van der Waals surface area contributed by atoms with Crippen molar-refractivity contribution in [1.29, 1.82) is 0 Å². The summed E-state index contributed by atoms with van der Waals surface area (Å²) in [4.78, 5) is 16.6. The highest BCUT2D eigenvalue weighted by Gasteiger charge is 2.17. The maximum absolute atomic E-state index is 12.4. The molecule has 0 aliphatic heterocycles. The zero-order valence-electron chi connectivity index (χ0n) is 13.7. The van der Waals surface area contributed by atoms with E-state index in [0.717, 1.165) is 27.0 Å². The Morgan fingerprint density at radius 2 is 2.28 bits per heavy atom. The van der Waals surface area contributed by atoms with Crippen molar-refractivity contribution in [3.63, 3.8) is 0 Å². The Morgan fingerprint density at radius 1 is 1.40 bits per heavy atom. The smallest absolute Gasteiger partial charge is 0.273 e. The summed E-state index contributed by atoms with van der Waals surface area (Å²) >= 11 is 1.56. The van der Waals surface area contributed by atoms with Crippen LogP contribution in [0.2, 0.25) is 0 Å². The number of rotatable bonds is 4. The predicted molar refractivity (Wildman–Crippen MR) is 94.2 cm³/mol. The van der Waals surface area contributed by atoms with Crippen LogP contribution >= 0.6 is 11.3 Å². The van der Waals surface area contributed by atoms with Crippen molar-refractivity contribution >= 4 is 27.5 Å². The standard InChI is InChI=1S/C17H15N5O2S/c1-10-12(8-20-22(10)2)15-6-14(21-24-15)17(23)18-7-11-4-3-5-13-16(11)25-9-19-13/h3-6,8-9H,7H2,1-2H3,(H,18,23). The van der Waals surface area contributed by atoms with E-state index >= 15 is 0 Å². The molecule has 4 aromatic rings. The first-order valence-electron chi connectivity index (χ1n) is 7.68. The average Bonchev–Trinajstić information content (AvgIpc) is 3.34. The Balaban J connectivity index is 1.50. The highest BCUT2D eigenvalue weighted by Crippen LogP contribution is 2.24. The molecular weight excluding hydrogens is 338 g/mol. The van der Waals surface area contributed by atoms with Crippen molar-refractivity contribution in [3.8, 4) is 11.3 Å². The second-order valence-corrected chi connectivity index (χ2v) is 6.50. The zero-order valence-corrected chi connectivity index (χ0v) is 14.5. The Labute approximate surface area is 147 Å². The number of carbonyl (C=O) groups is 1. The van der Waals surface area contributed by atoms with Gasteiger partial charge in [-0.05, 0) is 18.6 Å². The molecule has 3 heterocycles. The number of thiazole rings is 1. The second kappa shape index (κ2) is 6.14. The number of aromatic nitrogens is 4. The van der Waals surface area contributed by atoms with Crippen LogP contribution in [0.15, 0.2) is 40.5 Å². The molecule has 0 saturated heterocycles. The number of aryl methyl sites for hydroxylation is 1. The third-order valence-electron chi connectivity index (χ3n) is 4.12. The molecule has 3 aromatic heterocycles. The van der Waals surface area contributed by atoms with E-state index in [4.69, 9.17) is 4.52 Å². The Kier molecular flexibility index (Phi) is 3.81. The van der Waals surface area contributed by atoms with Gasteiger partial charge in [-0.3, -0.25) is 9.48 Å². The van der Waals surface area contributed by atoms with Crippen LogP contribution in [-0.2, 0) is 13.6 Å². The van der Waals surface area contributed by atoms with Gasteiger partial charge in [-0.15, -0.1) is 11.3 Å². The molecule has 1 aromatic carbocycles. The van der Waals surface area contributed by atoms with Crippen LogP contribution < -0.4 is 5.32 Å². The fourth-order valence-electron chi connectivity index (χ4n) is 2.60. The van der Waals surface area contributed by atoms with Gasteiger partial charge in [-0.25, -0.2) is 4.98 Å². The molecule has 126 valence electrons. The number of nitrogens with zero attached hydrogens (tertiary/aromatic N) is 4. The monoisotopic (exact) mass is 353 g/mol. The van der Waals surface area contributed by atoms with Crippen LogP contribution in [0.1, 0.15) is 21.7 Å². The van der Waals surface area contributed by atoms with Gasteiger partial charge in [0.1, 0.15) is 0 Å². The summed E-state index contributed by atoms with van der Waals surface area (Å²) in [7, 11) is 1.85. The van der Waals surface area contributed by atoms with Crippen LogP contribution in [0.25, 0.3) is 21.5 Å². The lowest BCUT2D eigenvalue weighted by atomic mass is 10.2. The van der Waals surface area contributed by atoms with Gasteiger partial charge >= 0.3 is 0 Å². The van der Waals surface area contributed by atoms with Gasteiger partial charge in [0.25, 0.3) is 5.91 Å². The van der Waals surface area contributed by atoms with E-state index in [-0.39, 0.29) is 11.6 Å². The van der Waals surface area contributed by atoms with E-state index < -0.39 is 0 Å². The minimum atomic E-state index is -0.280. The van der Waals surface area contributed by atoms with E-state index in [1.165, 1.54) is 0 Å². The van der Waals surface area contributed by atoms with Gasteiger partial charge in [0.2, 0.25) is 0 Å². The molecule has 0 spiro atoms. The summed E-state index contributed by atoms with van der Waals surface area (Å²) in [6, 6.07) is 7.50. The van der Waals surface area contributed by atoms with E-state index in [1.54, 1.807) is 33.8 Å². The molecule has 0 radical (unpaired) electrons. The number of fused-ring (bicyclic) bond motifs is 1. The van der Waals surface area contributed by atoms with Crippen LogP contribution in [0, 0.1) is 6.92 Å². The highest BCUT2D eigenvalue weighted by molar-refractivity contribution is 7.16. The fourth-order valence-corrected chi connectivity index (χ4v) is 3.40. The van der Waals surface area contributed by atoms with Gasteiger partial charge in [0.15, 0.2) is 11.5 Å². The van der Waals surface area contributed by atoms with E-state index in [0.29, 0.717) is 12.3 Å². The first kappa shape index (κ1) is 15.5. The van der Waals surface area contributed by atoms with Gasteiger partial charge in [-0.2, -0.15) is 5.10 Å². The molecular formula is C17H15N5O2S. The van der Waals surface area contributed by atoms with Crippen LogP contribution in [-0.4, -0.2) is 25.8 Å². The van der Waals surface area contributed by atoms with Gasteiger partial charge in [0.05, 0.1) is 27.5 Å². The molecule has 0 fully saturated rings. The van der Waals surface area contributed by atoms with Crippen molar-refractivity contribution in [2.75, 3.05) is 0 Å². The molecule has 0 unspecified atom stereocenters. The first-order valence-corrected chi connectivity index (χ1v) is 8.56. The Morgan fingerprint density at radius 3 is 3.08 bits per heavy atom. The van der Waals surface area contributed by atoms with Gasteiger partial charge < -0.3 is 9.84 Å². The summed E-state index contributed by atoms with van der Waals surface area (Å²) in [5.41, 5.74) is 5.78. The Hall–Kier alpha value is -3.00. The van der Waals surface area contributed by atoms with Crippen molar-refractivity contribution in [1.82, 2.24) is 25.2 Å². The lowest BCUT2D eigenvalue weighted by Gasteiger charge is -2.03. The number of benzene rings is 1. The molecule has 0 aliphatic carbocycles. The van der Waals surface area contributed by atoms with Crippen molar-refractivity contribution in [2.45, 2.75) is 13.5 Å². The number of hydrogen-bond donors (Lipinski definition) is 1. The molecule has 0 bridgehead atoms. The SMILES string of the molecule is Cc1c(-c2cc(C(=O)NCc3cccc4ncsc34)no2)cnn1C. The summed E-state index contributed by atoms with van der Waals surface area (Å²) in [5, 5.41) is 10.9. The van der Waals surface area contributed by atoms with Crippen LogP contribution in [0.3, 0.4) is 0 Å². The molecule has 0 aliphatic rings. The van der Waals surface area contributed by atoms with Gasteiger partial charge in [-0.1, -0.05) is 17.3 Å². The first-order chi connectivity index (χ1) is 12.1. The minimum Gasteiger partial charge on any atom is -0.355 e. The maximum Gasteiger partial charge on any atom is 0.273 e. The third kappa shape index (κ3) is 2.80. The lowest BCUT2D eigenvalue weighted by molar-refractivity contribution is 0.0942. The summed E-state index contributed by atoms with van der Waals surface area (Å²) < 4.78 is 8.13. The molecule has 1 amide bonds. The highest BCUT2D eigenvalue weighted by atomic mass is 32.1. The topological polar surface area (TPSA) is 85.8 Å². The second-order valence-electron chi connectivity index (χ2n) is 5.64. The minimum absolute atomic E-state index is 0.245. The number of hydrogen-bond acceptors (Lipinski definition) is 6. The normalized spacial score (nSPS) is 11.1. The molecule has 7 nitrogen and oxygen atoms in total. The van der Waals surface area contributed by atoms with E-state index in [9.17, 15) is 4.79 Å². The molecule has 4 rings (SSSR count). The number of amides is 1. The predicted octanol–water partition coefficient (Wildman–Crippen LogP) is 2.92. The maximum atomic E-state index is 12.4. The van der Waals surface area contributed by atoms with Crippen LogP contribution in [0.5, 0.6) is 0 Å². The molecule has 0 saturated carbocycles. The van der Waals surface area contributed by atoms with E-state index in [1.807, 2.05) is 32.2 Å². The number of nitrogens with one attached hydrogen (secondary N) is 1. The largest absolute Gasteiger partial charge is 0.355 e. The summed E-state index contributed by atoms with van der Waals surface area (Å²) in [6.07, 6.45) is 1.70. The lowest BCUT2D eigenvalue weighted by Crippen LogP contribution is -2.23. The fraction of sp³-hybridized carbons (Fsp3) is 0.176. The molecule has 0 atom stereocenters. The molecule has 8 heteroatoms. The third-order valence-corrected chi connectivity index (χ3v) is 5.04. The number of carbonyl (C=O) groups excluding carboxylic acids is 1. The Bertz CT molecular complexity index is 1060. The molecule has 1 N–H and O–H groups in total. The zero-order chi connectivity index (χ0) is 17.4. The quantitative estimate of drug-likeness (QED) is 0.610. The van der Waals surface area contributed by atoms with Crippen LogP contribution in [0.4, 0.5) is 0 Å².